The van der Waals surface area contributed by atoms with Gasteiger partial charge in [-0.3, -0.25) is 19.0 Å². The van der Waals surface area contributed by atoms with E-state index in [0.717, 1.165) is 25.8 Å². The van der Waals surface area contributed by atoms with Crippen molar-refractivity contribution in [1.29, 1.82) is 0 Å². The molecule has 0 fully saturated rings. The van der Waals surface area contributed by atoms with E-state index < -0.39 is 12.0 Å². The number of aromatic nitrogens is 2. The second-order valence-corrected chi connectivity index (χ2v) is 16.6. The number of carbonyl (C=O) groups is 3. The standard InChI is InChI=1S/C41H25BrN4O6S3/c1-2-51-39(50)33-34(22-9-4-3-5-10-22)44-40-46(35(33)23-11-8-12-24(42)19-23)38(49)31(53-40)21-26-16-18-32(52-26)55-41-43-29-17-15-25(20-30(29)54-41)45-36(47)27-13-6-7-14-28(27)37(45)48/h3-21,35H,2H2,1H3/b31-21-/t35-/m1/s1. The number of anilines is 1. The largest absolute Gasteiger partial charge is 0.463 e. The van der Waals surface area contributed by atoms with Crippen molar-refractivity contribution in [3.05, 3.63) is 167 Å². The fourth-order valence-corrected chi connectivity index (χ4v) is 10.0. The zero-order valence-corrected chi connectivity index (χ0v) is 32.6. The smallest absolute Gasteiger partial charge is 0.338 e. The highest BCUT2D eigenvalue weighted by molar-refractivity contribution is 9.10. The van der Waals surface area contributed by atoms with Crippen LogP contribution in [0.25, 0.3) is 22.0 Å². The van der Waals surface area contributed by atoms with Crippen molar-refractivity contribution in [2.75, 3.05) is 11.5 Å². The van der Waals surface area contributed by atoms with E-state index in [2.05, 4.69) is 15.9 Å². The molecule has 10 nitrogen and oxygen atoms in total. The maximum atomic E-state index is 14.3. The Hall–Kier alpha value is -5.67. The first-order valence-corrected chi connectivity index (χ1v) is 20.2. The molecule has 0 unspecified atom stereocenters. The van der Waals surface area contributed by atoms with Gasteiger partial charge in [-0.25, -0.2) is 19.7 Å². The summed E-state index contributed by atoms with van der Waals surface area (Å²) in [5.41, 5.74) is 3.81. The SMILES string of the molecule is CCOC(=O)C1=C(c2ccccc2)N=c2s/c(=C\c3ccc(Sc4nc5ccc(N6C(=O)c7ccccc7C6=O)cc5s4)o3)c(=O)n2[C@@H]1c1cccc(Br)c1. The molecule has 9 rings (SSSR count). The van der Waals surface area contributed by atoms with Crippen LogP contribution in [0.5, 0.6) is 0 Å². The minimum atomic E-state index is -0.801. The number of nitrogens with zero attached hydrogens (tertiary/aromatic N) is 4. The van der Waals surface area contributed by atoms with E-state index in [9.17, 15) is 19.2 Å². The van der Waals surface area contributed by atoms with Crippen molar-refractivity contribution in [2.45, 2.75) is 22.4 Å². The van der Waals surface area contributed by atoms with Crippen LogP contribution in [0.3, 0.4) is 0 Å². The summed E-state index contributed by atoms with van der Waals surface area (Å²) in [6.45, 7) is 1.90. The van der Waals surface area contributed by atoms with Gasteiger partial charge >= 0.3 is 5.97 Å². The number of ether oxygens (including phenoxy) is 1. The fraction of sp³-hybridized carbons (Fsp3) is 0.0732. The van der Waals surface area contributed by atoms with Crippen LogP contribution in [0.2, 0.25) is 0 Å². The number of furan rings is 1. The molecule has 0 N–H and O–H groups in total. The number of hydrogen-bond donors (Lipinski definition) is 0. The van der Waals surface area contributed by atoms with Crippen molar-refractivity contribution in [1.82, 2.24) is 9.55 Å². The maximum Gasteiger partial charge on any atom is 0.338 e. The highest BCUT2D eigenvalue weighted by Crippen LogP contribution is 2.39. The molecule has 0 bridgehead atoms. The number of halogens is 1. The van der Waals surface area contributed by atoms with Gasteiger partial charge in [0.25, 0.3) is 17.4 Å². The third-order valence-corrected chi connectivity index (χ3v) is 12.5. The number of esters is 1. The van der Waals surface area contributed by atoms with Crippen molar-refractivity contribution < 1.29 is 23.5 Å². The molecule has 0 saturated carbocycles. The highest BCUT2D eigenvalue weighted by Gasteiger charge is 2.37. The summed E-state index contributed by atoms with van der Waals surface area (Å²) >= 11 is 7.50. The van der Waals surface area contributed by atoms with Gasteiger partial charge in [0.05, 0.1) is 55.5 Å². The first-order valence-electron chi connectivity index (χ1n) is 17.0. The van der Waals surface area contributed by atoms with Crippen molar-refractivity contribution >= 4 is 95.8 Å². The molecule has 2 amide bonds. The minimum absolute atomic E-state index is 0.160. The maximum absolute atomic E-state index is 14.3. The van der Waals surface area contributed by atoms with Crippen LogP contribution in [0.4, 0.5) is 5.69 Å². The summed E-state index contributed by atoms with van der Waals surface area (Å²) in [4.78, 5) is 65.4. The van der Waals surface area contributed by atoms with Crippen molar-refractivity contribution in [2.24, 2.45) is 4.99 Å². The molecule has 0 aliphatic carbocycles. The van der Waals surface area contributed by atoms with E-state index in [-0.39, 0.29) is 29.6 Å². The van der Waals surface area contributed by atoms with Gasteiger partial charge in [-0.05, 0) is 78.8 Å². The number of benzene rings is 4. The van der Waals surface area contributed by atoms with Crippen LogP contribution < -0.4 is 19.8 Å². The molecule has 4 aromatic carbocycles. The highest BCUT2D eigenvalue weighted by atomic mass is 79.9. The summed E-state index contributed by atoms with van der Waals surface area (Å²) in [6, 6.07) is 31.8. The summed E-state index contributed by atoms with van der Waals surface area (Å²) < 4.78 is 15.9. The fourth-order valence-electron chi connectivity index (χ4n) is 6.61. The van der Waals surface area contributed by atoms with Crippen LogP contribution in [-0.2, 0) is 9.53 Å². The topological polar surface area (TPSA) is 124 Å². The first-order chi connectivity index (χ1) is 26.8. The Morgan fingerprint density at radius 2 is 1.67 bits per heavy atom. The monoisotopic (exact) mass is 844 g/mol. The Labute approximate surface area is 332 Å². The molecule has 55 heavy (non-hydrogen) atoms. The van der Waals surface area contributed by atoms with Crippen LogP contribution >= 0.6 is 50.4 Å². The average Bonchev–Trinajstić information content (AvgIpc) is 3.95. The lowest BCUT2D eigenvalue weighted by molar-refractivity contribution is -0.138. The summed E-state index contributed by atoms with van der Waals surface area (Å²) in [5.74, 6) is -0.802. The van der Waals surface area contributed by atoms with E-state index in [0.29, 0.717) is 47.0 Å². The van der Waals surface area contributed by atoms with Gasteiger partial charge in [-0.2, -0.15) is 0 Å². The predicted molar refractivity (Wildman–Crippen MR) is 215 cm³/mol. The Morgan fingerprint density at radius 1 is 0.909 bits per heavy atom. The Morgan fingerprint density at radius 3 is 2.42 bits per heavy atom. The second kappa shape index (κ2) is 14.2. The molecule has 270 valence electrons. The molecule has 0 saturated heterocycles. The van der Waals surface area contributed by atoms with Gasteiger partial charge in [-0.15, -0.1) is 11.3 Å². The van der Waals surface area contributed by atoms with E-state index in [1.165, 1.54) is 39.3 Å². The lowest BCUT2D eigenvalue weighted by Crippen LogP contribution is -2.40. The normalized spacial score (nSPS) is 15.4. The van der Waals surface area contributed by atoms with E-state index in [4.69, 9.17) is 19.1 Å². The minimum Gasteiger partial charge on any atom is -0.463 e. The Kier molecular flexibility index (Phi) is 9.05. The summed E-state index contributed by atoms with van der Waals surface area (Å²) in [7, 11) is 0. The lowest BCUT2D eigenvalue weighted by Gasteiger charge is -2.26. The summed E-state index contributed by atoms with van der Waals surface area (Å²) in [5, 5.41) is 0.557. The number of rotatable bonds is 8. The molecule has 7 aromatic rings. The molecule has 3 aromatic heterocycles. The molecule has 1 atom stereocenters. The number of thiazole rings is 2. The molecule has 0 spiro atoms. The third-order valence-electron chi connectivity index (χ3n) is 9.01. The molecule has 2 aliphatic rings. The van der Waals surface area contributed by atoms with Crippen LogP contribution in [0, 0.1) is 0 Å². The number of fused-ring (bicyclic) bond motifs is 3. The molecule has 0 radical (unpaired) electrons. The zero-order valence-electron chi connectivity index (χ0n) is 28.6. The van der Waals surface area contributed by atoms with Gasteiger partial charge in [0.15, 0.2) is 14.2 Å². The van der Waals surface area contributed by atoms with Gasteiger partial charge in [0.1, 0.15) is 5.76 Å². The number of imide groups is 1. The van der Waals surface area contributed by atoms with Crippen LogP contribution in [-0.4, -0.2) is 33.9 Å². The zero-order chi connectivity index (χ0) is 37.8. The first kappa shape index (κ1) is 35.1. The molecular weight excluding hydrogens is 821 g/mol. The van der Waals surface area contributed by atoms with E-state index in [1.54, 1.807) is 72.2 Å². The van der Waals surface area contributed by atoms with Gasteiger partial charge in [0, 0.05) is 16.1 Å². The number of hydrogen-bond acceptors (Lipinski definition) is 11. The Balaban J connectivity index is 1.05. The van der Waals surface area contributed by atoms with Crippen LogP contribution in [0.1, 0.15) is 50.6 Å². The number of carbonyl (C=O) groups excluding carboxylic acids is 3. The summed E-state index contributed by atoms with van der Waals surface area (Å²) in [6.07, 6.45) is 1.68. The van der Waals surface area contributed by atoms with Gasteiger partial charge in [-0.1, -0.05) is 81.9 Å². The van der Waals surface area contributed by atoms with Gasteiger partial charge < -0.3 is 9.15 Å². The number of amides is 2. The van der Waals surface area contributed by atoms with Gasteiger partial charge in [0.2, 0.25) is 0 Å². The molecule has 5 heterocycles. The molecule has 14 heteroatoms. The van der Waals surface area contributed by atoms with Crippen molar-refractivity contribution in [3.8, 4) is 0 Å². The predicted octanol–water partition coefficient (Wildman–Crippen LogP) is 7.85. The average molecular weight is 846 g/mol. The molecular formula is C41H25BrN4O6S3. The molecule has 2 aliphatic heterocycles. The lowest BCUT2D eigenvalue weighted by atomic mass is 9.93. The quantitative estimate of drug-likeness (QED) is 0.112. The Bertz CT molecular complexity index is 2910. The third kappa shape index (κ3) is 6.30. The van der Waals surface area contributed by atoms with E-state index in [1.807, 2.05) is 54.6 Å². The second-order valence-electron chi connectivity index (χ2n) is 12.4. The van der Waals surface area contributed by atoms with Crippen molar-refractivity contribution in [3.63, 3.8) is 0 Å². The van der Waals surface area contributed by atoms with E-state index >= 15 is 0 Å². The van der Waals surface area contributed by atoms with Crippen LogP contribution in [0.15, 0.2) is 143 Å².